The van der Waals surface area contributed by atoms with Gasteiger partial charge in [0.15, 0.2) is 5.16 Å². The molecule has 2 rings (SSSR count). The van der Waals surface area contributed by atoms with Crippen molar-refractivity contribution in [1.29, 1.82) is 0 Å². The second-order valence-corrected chi connectivity index (χ2v) is 18.3. The minimum absolute atomic E-state index is 0.810. The fraction of sp³-hybridized carbons (Fsp3) is 0.697. The first-order chi connectivity index (χ1) is 18.5. The molecule has 5 heteroatoms. The third-order valence-corrected chi connectivity index (χ3v) is 12.4. The van der Waals surface area contributed by atoms with Crippen molar-refractivity contribution in [3.05, 3.63) is 36.7 Å². The highest BCUT2D eigenvalue weighted by molar-refractivity contribution is 7.99. The third kappa shape index (κ3) is 15.3. The lowest BCUT2D eigenvalue weighted by atomic mass is 10.1. The van der Waals surface area contributed by atoms with Gasteiger partial charge in [-0.1, -0.05) is 146 Å². The maximum absolute atomic E-state index is 5.98. The molecule has 0 aliphatic heterocycles. The summed E-state index contributed by atoms with van der Waals surface area (Å²) < 4.78 is 5.98. The number of hydrogen-bond donors (Lipinski definition) is 0. The van der Waals surface area contributed by atoms with Crippen LogP contribution in [0.5, 0.6) is 5.75 Å². The number of unbranched alkanes of at least 4 members (excludes halogenated alkanes) is 13. The third-order valence-electron chi connectivity index (χ3n) is 7.77. The number of aromatic nitrogens is 2. The maximum Gasteiger partial charge on any atom is 0.187 e. The number of nitrogens with zero attached hydrogens (tertiary/aromatic N) is 2. The van der Waals surface area contributed by atoms with Gasteiger partial charge in [0, 0.05) is 31.8 Å². The molecule has 0 fully saturated rings. The number of ether oxygens (including phenoxy) is 1. The second kappa shape index (κ2) is 20.6. The minimum Gasteiger partial charge on any atom is -0.494 e. The molecule has 3 nitrogen and oxygen atoms in total. The number of thioether (sulfide) groups is 1. The van der Waals surface area contributed by atoms with Crippen molar-refractivity contribution >= 4 is 19.8 Å². The van der Waals surface area contributed by atoms with Crippen LogP contribution >= 0.6 is 11.8 Å². The van der Waals surface area contributed by atoms with E-state index in [1.165, 1.54) is 102 Å². The molecule has 0 saturated heterocycles. The highest BCUT2D eigenvalue weighted by atomic mass is 32.2. The molecule has 0 bridgehead atoms. The highest BCUT2D eigenvalue weighted by Gasteiger charge is 2.16. The van der Waals surface area contributed by atoms with E-state index < -0.39 is 8.07 Å². The fourth-order valence-corrected chi connectivity index (χ4v) is 6.99. The van der Waals surface area contributed by atoms with Crippen LogP contribution in [-0.2, 0) is 0 Å². The van der Waals surface area contributed by atoms with Crippen LogP contribution in [0.1, 0.15) is 110 Å². The summed E-state index contributed by atoms with van der Waals surface area (Å²) >= 11 is 1.77. The Morgan fingerprint density at radius 1 is 0.658 bits per heavy atom. The summed E-state index contributed by atoms with van der Waals surface area (Å²) in [5.41, 5.74) is 2.20. The van der Waals surface area contributed by atoms with E-state index >= 15 is 0 Å². The molecular formula is C33H56N2OSSi. The Bertz CT molecular complexity index is 826. The van der Waals surface area contributed by atoms with E-state index in [0.29, 0.717) is 0 Å². The van der Waals surface area contributed by atoms with Crippen molar-refractivity contribution in [1.82, 2.24) is 9.97 Å². The van der Waals surface area contributed by atoms with Crippen molar-refractivity contribution in [2.24, 2.45) is 0 Å². The van der Waals surface area contributed by atoms with E-state index in [1.807, 2.05) is 12.4 Å². The normalized spacial score (nSPS) is 11.7. The lowest BCUT2D eigenvalue weighted by molar-refractivity contribution is 0.304. The topological polar surface area (TPSA) is 35.0 Å². The first kappa shape index (κ1) is 32.9. The van der Waals surface area contributed by atoms with Gasteiger partial charge in [0.2, 0.25) is 0 Å². The molecule has 214 valence electrons. The van der Waals surface area contributed by atoms with Crippen LogP contribution < -0.4 is 4.74 Å². The van der Waals surface area contributed by atoms with Crippen LogP contribution in [-0.4, -0.2) is 30.4 Å². The number of rotatable bonds is 23. The van der Waals surface area contributed by atoms with Gasteiger partial charge >= 0.3 is 0 Å². The smallest absolute Gasteiger partial charge is 0.187 e. The lowest BCUT2D eigenvalue weighted by Gasteiger charge is -2.19. The molecule has 1 heterocycles. The van der Waals surface area contributed by atoms with Gasteiger partial charge in [-0.3, -0.25) is 0 Å². The molecule has 0 aliphatic carbocycles. The summed E-state index contributed by atoms with van der Waals surface area (Å²) in [4.78, 5) is 9.14. The van der Waals surface area contributed by atoms with Crippen LogP contribution in [0.2, 0.25) is 25.2 Å². The Morgan fingerprint density at radius 2 is 1.21 bits per heavy atom. The molecular weight excluding hydrogens is 501 g/mol. The summed E-state index contributed by atoms with van der Waals surface area (Å²) in [6, 6.07) is 11.3. The zero-order chi connectivity index (χ0) is 27.3. The van der Waals surface area contributed by atoms with Crippen LogP contribution in [0.4, 0.5) is 0 Å². The quantitative estimate of drug-likeness (QED) is 0.0590. The summed E-state index contributed by atoms with van der Waals surface area (Å²) in [5, 5.41) is 0.884. The van der Waals surface area contributed by atoms with Crippen molar-refractivity contribution < 1.29 is 4.74 Å². The van der Waals surface area contributed by atoms with Gasteiger partial charge in [-0.25, -0.2) is 9.97 Å². The number of benzene rings is 1. The highest BCUT2D eigenvalue weighted by Crippen LogP contribution is 2.24. The zero-order valence-electron chi connectivity index (χ0n) is 25.1. The molecule has 0 spiro atoms. The average Bonchev–Trinajstić information content (AvgIpc) is 2.94. The van der Waals surface area contributed by atoms with E-state index in [1.54, 1.807) is 11.8 Å². The van der Waals surface area contributed by atoms with Crippen molar-refractivity contribution in [2.75, 3.05) is 12.4 Å². The largest absolute Gasteiger partial charge is 0.494 e. The summed E-state index contributed by atoms with van der Waals surface area (Å²) in [5.74, 6) is 2.06. The molecule has 1 aromatic heterocycles. The fourth-order valence-electron chi connectivity index (χ4n) is 4.64. The van der Waals surface area contributed by atoms with Crippen LogP contribution in [0.3, 0.4) is 0 Å². The van der Waals surface area contributed by atoms with E-state index in [-0.39, 0.29) is 0 Å². The first-order valence-corrected chi connectivity index (χ1v) is 20.1. The molecule has 2 aromatic rings. The molecule has 0 aliphatic rings. The maximum atomic E-state index is 5.98. The van der Waals surface area contributed by atoms with Gasteiger partial charge in [0.05, 0.1) is 6.61 Å². The SMILES string of the molecule is CCCCCCCCSc1ncc(-c2ccc(OCCCCCCCCCCC[Si](C)(C)CC)cc2)cn1. The molecule has 0 unspecified atom stereocenters. The van der Waals surface area contributed by atoms with Gasteiger partial charge in [0.25, 0.3) is 0 Å². The monoisotopic (exact) mass is 556 g/mol. The van der Waals surface area contributed by atoms with Gasteiger partial charge in [-0.15, -0.1) is 0 Å². The molecule has 0 amide bonds. The summed E-state index contributed by atoms with van der Waals surface area (Å²) in [7, 11) is -0.843. The molecule has 38 heavy (non-hydrogen) atoms. The lowest BCUT2D eigenvalue weighted by Crippen LogP contribution is -2.22. The zero-order valence-corrected chi connectivity index (χ0v) is 26.9. The Labute approximate surface area is 240 Å². The summed E-state index contributed by atoms with van der Waals surface area (Å²) in [6.07, 6.45) is 24.2. The first-order valence-electron chi connectivity index (χ1n) is 15.7. The van der Waals surface area contributed by atoms with Crippen molar-refractivity contribution in [2.45, 2.75) is 140 Å². The van der Waals surface area contributed by atoms with E-state index in [9.17, 15) is 0 Å². The second-order valence-electron chi connectivity index (χ2n) is 11.7. The predicted molar refractivity (Wildman–Crippen MR) is 171 cm³/mol. The van der Waals surface area contributed by atoms with E-state index in [4.69, 9.17) is 4.74 Å². The van der Waals surface area contributed by atoms with Crippen LogP contribution in [0, 0.1) is 0 Å². The summed E-state index contributed by atoms with van der Waals surface area (Å²) in [6.45, 7) is 10.5. The molecule has 0 atom stereocenters. The molecule has 0 radical (unpaired) electrons. The van der Waals surface area contributed by atoms with Crippen LogP contribution in [0.15, 0.2) is 41.8 Å². The average molecular weight is 557 g/mol. The van der Waals surface area contributed by atoms with Gasteiger partial charge in [-0.05, 0) is 30.5 Å². The van der Waals surface area contributed by atoms with Crippen LogP contribution in [0.25, 0.3) is 11.1 Å². The van der Waals surface area contributed by atoms with Gasteiger partial charge < -0.3 is 4.74 Å². The Kier molecular flexibility index (Phi) is 17.8. The van der Waals surface area contributed by atoms with Gasteiger partial charge in [-0.2, -0.15) is 0 Å². The Balaban J connectivity index is 1.50. The number of hydrogen-bond acceptors (Lipinski definition) is 4. The van der Waals surface area contributed by atoms with E-state index in [0.717, 1.165) is 40.8 Å². The predicted octanol–water partition coefficient (Wildman–Crippen LogP) is 11.2. The van der Waals surface area contributed by atoms with Gasteiger partial charge in [0.1, 0.15) is 5.75 Å². The molecule has 0 saturated carbocycles. The standard InChI is InChI=1S/C33H56N2OSSi/c1-5-7-8-9-16-19-26-37-33-34-28-31(29-35-33)30-21-23-32(24-22-30)36-25-18-15-13-11-10-12-14-17-20-27-38(3,4)6-2/h21-24,28-29H,5-20,25-27H2,1-4H3. The molecule has 0 N–H and O–H groups in total. The minimum atomic E-state index is -0.843. The Hall–Kier alpha value is -1.33. The van der Waals surface area contributed by atoms with Crippen molar-refractivity contribution in [3.63, 3.8) is 0 Å². The molecule has 1 aromatic carbocycles. The Morgan fingerprint density at radius 3 is 1.82 bits per heavy atom. The van der Waals surface area contributed by atoms with E-state index in [2.05, 4.69) is 61.2 Å². The van der Waals surface area contributed by atoms with Crippen molar-refractivity contribution in [3.8, 4) is 16.9 Å².